The van der Waals surface area contributed by atoms with E-state index in [2.05, 4.69) is 24.1 Å². The Balaban J connectivity index is 2.84. The van der Waals surface area contributed by atoms with E-state index in [0.717, 1.165) is 11.5 Å². The molecule has 0 radical (unpaired) electrons. The molecule has 0 aliphatic rings. The molecule has 0 spiro atoms. The van der Waals surface area contributed by atoms with Crippen LogP contribution in [-0.4, -0.2) is 35.1 Å². The number of pyridine rings is 1. The van der Waals surface area contributed by atoms with Gasteiger partial charge in [-0.1, -0.05) is 6.92 Å². The molecule has 19 heavy (non-hydrogen) atoms. The van der Waals surface area contributed by atoms with Crippen molar-refractivity contribution in [2.24, 2.45) is 0 Å². The molecular weight excluding hydrogens is 262 g/mol. The summed E-state index contributed by atoms with van der Waals surface area (Å²) in [4.78, 5) is 16.0. The number of thioether (sulfide) groups is 1. The normalized spacial score (nSPS) is 11.9. The van der Waals surface area contributed by atoms with E-state index in [-0.39, 0.29) is 6.04 Å². The van der Waals surface area contributed by atoms with Crippen LogP contribution >= 0.6 is 11.8 Å². The molecule has 0 saturated carbocycles. The number of hydrogen-bond acceptors (Lipinski definition) is 6. The molecule has 1 rings (SSSR count). The van der Waals surface area contributed by atoms with Crippen molar-refractivity contribution in [2.45, 2.75) is 26.8 Å². The number of carbonyl (C=O) groups is 1. The van der Waals surface area contributed by atoms with Crippen molar-refractivity contribution in [3.8, 4) is 0 Å². The maximum absolute atomic E-state index is 11.9. The van der Waals surface area contributed by atoms with E-state index in [1.165, 1.54) is 6.20 Å². The van der Waals surface area contributed by atoms with Gasteiger partial charge in [0.2, 0.25) is 0 Å². The van der Waals surface area contributed by atoms with Crippen LogP contribution < -0.4 is 11.1 Å². The summed E-state index contributed by atoms with van der Waals surface area (Å²) in [6, 6.07) is 1.81. The van der Waals surface area contributed by atoms with Gasteiger partial charge in [0, 0.05) is 11.8 Å². The fourth-order valence-electron chi connectivity index (χ4n) is 1.53. The number of nitrogens with two attached hydrogens (primary N) is 1. The highest BCUT2D eigenvalue weighted by Crippen LogP contribution is 2.18. The second-order valence-corrected chi connectivity index (χ2v) is 5.41. The molecular formula is C13H21N3O2S. The zero-order valence-electron chi connectivity index (χ0n) is 11.6. The molecule has 5 nitrogen and oxygen atoms in total. The first-order valence-corrected chi connectivity index (χ1v) is 7.50. The highest BCUT2D eigenvalue weighted by atomic mass is 32.2. The first kappa shape index (κ1) is 15.6. The van der Waals surface area contributed by atoms with Crippen LogP contribution in [0.15, 0.2) is 12.3 Å². The van der Waals surface area contributed by atoms with Crippen molar-refractivity contribution in [3.63, 3.8) is 0 Å². The van der Waals surface area contributed by atoms with Gasteiger partial charge in [-0.3, -0.25) is 0 Å². The quantitative estimate of drug-likeness (QED) is 0.748. The van der Waals surface area contributed by atoms with Gasteiger partial charge < -0.3 is 15.8 Å². The average molecular weight is 283 g/mol. The lowest BCUT2D eigenvalue weighted by Crippen LogP contribution is -2.21. The average Bonchev–Trinajstić information content (AvgIpc) is 2.38. The second-order valence-electron chi connectivity index (χ2n) is 4.09. The Bertz CT molecular complexity index is 426. The van der Waals surface area contributed by atoms with Crippen molar-refractivity contribution < 1.29 is 9.53 Å². The Morgan fingerprint density at radius 3 is 2.95 bits per heavy atom. The van der Waals surface area contributed by atoms with Gasteiger partial charge in [0.1, 0.15) is 11.4 Å². The summed E-state index contributed by atoms with van der Waals surface area (Å²) in [6.45, 7) is 6.26. The summed E-state index contributed by atoms with van der Waals surface area (Å²) >= 11 is 1.83. The van der Waals surface area contributed by atoms with E-state index >= 15 is 0 Å². The van der Waals surface area contributed by atoms with E-state index in [1.807, 2.05) is 11.8 Å². The standard InChI is InChI=1S/C13H21N3O2S/c1-4-18-13(17)11-6-10(14)7-15-12(11)16-9(3)8-19-5-2/h6-7,9H,4-5,8,14H2,1-3H3,(H,15,16). The number of nitrogen functional groups attached to an aromatic ring is 1. The summed E-state index contributed by atoms with van der Waals surface area (Å²) in [6.07, 6.45) is 1.53. The van der Waals surface area contributed by atoms with E-state index in [4.69, 9.17) is 10.5 Å². The van der Waals surface area contributed by atoms with Gasteiger partial charge in [0.25, 0.3) is 0 Å². The van der Waals surface area contributed by atoms with Gasteiger partial charge in [-0.15, -0.1) is 0 Å². The third-order valence-corrected chi connectivity index (χ3v) is 3.50. The maximum atomic E-state index is 11.9. The highest BCUT2D eigenvalue weighted by molar-refractivity contribution is 7.99. The number of rotatable bonds is 7. The van der Waals surface area contributed by atoms with Crippen molar-refractivity contribution in [3.05, 3.63) is 17.8 Å². The molecule has 0 amide bonds. The van der Waals surface area contributed by atoms with Crippen LogP contribution in [0.5, 0.6) is 0 Å². The molecule has 0 fully saturated rings. The lowest BCUT2D eigenvalue weighted by molar-refractivity contribution is 0.0527. The first-order valence-electron chi connectivity index (χ1n) is 6.35. The number of anilines is 2. The fraction of sp³-hybridized carbons (Fsp3) is 0.538. The van der Waals surface area contributed by atoms with Crippen molar-refractivity contribution in [1.29, 1.82) is 0 Å². The van der Waals surface area contributed by atoms with Crippen LogP contribution in [0, 0.1) is 0 Å². The van der Waals surface area contributed by atoms with Crippen LogP contribution in [0.3, 0.4) is 0 Å². The number of hydrogen-bond donors (Lipinski definition) is 2. The SMILES string of the molecule is CCOC(=O)c1cc(N)cnc1NC(C)CSCC. The fourth-order valence-corrected chi connectivity index (χ4v) is 2.20. The minimum Gasteiger partial charge on any atom is -0.462 e. The topological polar surface area (TPSA) is 77.2 Å². The van der Waals surface area contributed by atoms with Crippen molar-refractivity contribution in [1.82, 2.24) is 4.98 Å². The molecule has 3 N–H and O–H groups in total. The molecule has 0 bridgehead atoms. The molecule has 0 aromatic carbocycles. The monoisotopic (exact) mass is 283 g/mol. The van der Waals surface area contributed by atoms with Gasteiger partial charge in [-0.25, -0.2) is 9.78 Å². The van der Waals surface area contributed by atoms with E-state index in [0.29, 0.717) is 23.7 Å². The Morgan fingerprint density at radius 2 is 2.32 bits per heavy atom. The third-order valence-electron chi connectivity index (χ3n) is 2.36. The Morgan fingerprint density at radius 1 is 1.58 bits per heavy atom. The van der Waals surface area contributed by atoms with Crippen LogP contribution in [0.25, 0.3) is 0 Å². The van der Waals surface area contributed by atoms with Crippen LogP contribution in [0.2, 0.25) is 0 Å². The maximum Gasteiger partial charge on any atom is 0.341 e. The summed E-state index contributed by atoms with van der Waals surface area (Å²) in [5, 5.41) is 3.22. The summed E-state index contributed by atoms with van der Waals surface area (Å²) in [5.41, 5.74) is 6.50. The van der Waals surface area contributed by atoms with Gasteiger partial charge in [0.05, 0.1) is 18.5 Å². The number of ether oxygens (including phenoxy) is 1. The minimum atomic E-state index is -0.403. The second kappa shape index (κ2) is 7.89. The zero-order valence-corrected chi connectivity index (χ0v) is 12.4. The third kappa shape index (κ3) is 4.98. The number of carbonyl (C=O) groups excluding carboxylic acids is 1. The molecule has 0 aliphatic heterocycles. The summed E-state index contributed by atoms with van der Waals surface area (Å²) < 4.78 is 5.01. The predicted molar refractivity (Wildman–Crippen MR) is 80.7 cm³/mol. The molecule has 6 heteroatoms. The summed E-state index contributed by atoms with van der Waals surface area (Å²) in [7, 11) is 0. The van der Waals surface area contributed by atoms with E-state index in [1.54, 1.807) is 13.0 Å². The Kier molecular flexibility index (Phi) is 6.49. The Labute approximate surface area is 118 Å². The lowest BCUT2D eigenvalue weighted by atomic mass is 10.2. The van der Waals surface area contributed by atoms with E-state index in [9.17, 15) is 4.79 Å². The minimum absolute atomic E-state index is 0.217. The summed E-state index contributed by atoms with van der Waals surface area (Å²) in [5.74, 6) is 2.13. The predicted octanol–water partition coefficient (Wildman–Crippen LogP) is 2.39. The number of aromatic nitrogens is 1. The van der Waals surface area contributed by atoms with Crippen LogP contribution in [0.4, 0.5) is 11.5 Å². The number of nitrogens with one attached hydrogen (secondary N) is 1. The van der Waals surface area contributed by atoms with Crippen molar-refractivity contribution in [2.75, 3.05) is 29.2 Å². The molecule has 0 aliphatic carbocycles. The smallest absolute Gasteiger partial charge is 0.341 e. The first-order chi connectivity index (χ1) is 9.08. The van der Waals surface area contributed by atoms with Gasteiger partial charge in [-0.05, 0) is 25.7 Å². The molecule has 1 atom stereocenters. The number of nitrogens with zero attached hydrogens (tertiary/aromatic N) is 1. The molecule has 0 saturated heterocycles. The molecule has 1 heterocycles. The molecule has 1 unspecified atom stereocenters. The largest absolute Gasteiger partial charge is 0.462 e. The highest BCUT2D eigenvalue weighted by Gasteiger charge is 2.16. The number of esters is 1. The lowest BCUT2D eigenvalue weighted by Gasteiger charge is -2.16. The Hall–Kier alpha value is -1.43. The van der Waals surface area contributed by atoms with Gasteiger partial charge >= 0.3 is 5.97 Å². The van der Waals surface area contributed by atoms with E-state index < -0.39 is 5.97 Å². The molecule has 1 aromatic rings. The molecule has 106 valence electrons. The van der Waals surface area contributed by atoms with Gasteiger partial charge in [-0.2, -0.15) is 11.8 Å². The van der Waals surface area contributed by atoms with Crippen LogP contribution in [-0.2, 0) is 4.74 Å². The van der Waals surface area contributed by atoms with Gasteiger partial charge in [0.15, 0.2) is 0 Å². The van der Waals surface area contributed by atoms with Crippen LogP contribution in [0.1, 0.15) is 31.1 Å². The molecule has 1 aromatic heterocycles. The van der Waals surface area contributed by atoms with Crippen molar-refractivity contribution >= 4 is 29.2 Å². The zero-order chi connectivity index (χ0) is 14.3.